The van der Waals surface area contributed by atoms with Gasteiger partial charge in [-0.2, -0.15) is 10.2 Å². The molecule has 18 heteroatoms. The number of anilines is 2. The quantitative estimate of drug-likeness (QED) is 0.153. The second-order valence-electron chi connectivity index (χ2n) is 19.6. The lowest BCUT2D eigenvalue weighted by molar-refractivity contribution is -0.120. The third-order valence-electron chi connectivity index (χ3n) is 13.3. The zero-order valence-electron chi connectivity index (χ0n) is 40.7. The van der Waals surface area contributed by atoms with Gasteiger partial charge < -0.3 is 44.9 Å². The Hall–Kier alpha value is -6.95. The van der Waals surface area contributed by atoms with Gasteiger partial charge in [0.1, 0.15) is 28.8 Å². The highest BCUT2D eigenvalue weighted by Gasteiger charge is 2.31. The molecule has 0 radical (unpaired) electrons. The monoisotopic (exact) mass is 941 g/mol. The number of hydrogen-bond acceptors (Lipinski definition) is 13. The van der Waals surface area contributed by atoms with Crippen molar-refractivity contribution in [1.29, 1.82) is 0 Å². The maximum absolute atomic E-state index is 12.4. The Morgan fingerprint density at radius 3 is 1.49 bits per heavy atom. The number of hydrogen-bond donors (Lipinski definition) is 3. The molecule has 364 valence electrons. The van der Waals surface area contributed by atoms with Crippen LogP contribution in [0.2, 0.25) is 0 Å². The van der Waals surface area contributed by atoms with Crippen LogP contribution < -0.4 is 35.2 Å². The normalized spacial score (nSPS) is 19.5. The summed E-state index contributed by atoms with van der Waals surface area (Å²) in [5.74, 6) is 1.46. The molecule has 18 nitrogen and oxygen atoms in total. The minimum absolute atomic E-state index is 0.0594. The Morgan fingerprint density at radius 2 is 1.09 bits per heavy atom. The highest BCUT2D eigenvalue weighted by atomic mass is 16.6. The third-order valence-corrected chi connectivity index (χ3v) is 13.3. The SMILES string of the molecule is Cc1cnn2cc(-c3ccc(N4CCN(C(=O)OC(C)(C)C)CC4)cc3)nc(O[C@H](C)[C@H]3CNC(=O)C3)c12.Cc1cnn2cc(-c3ccc(N4CCNCC4)cc3)nc(O[C@H](C)[C@H]3CNC(=O)C3)c12. The van der Waals surface area contributed by atoms with Crippen LogP contribution in [0.3, 0.4) is 0 Å². The van der Waals surface area contributed by atoms with Crippen LogP contribution in [0.1, 0.15) is 58.6 Å². The van der Waals surface area contributed by atoms with E-state index in [9.17, 15) is 14.4 Å². The van der Waals surface area contributed by atoms with Crippen molar-refractivity contribution in [3.05, 3.63) is 84.4 Å². The number of carbonyl (C=O) groups excluding carboxylic acids is 3. The number of aryl methyl sites for hydroxylation is 2. The number of nitrogens with zero attached hydrogens (tertiary/aromatic N) is 9. The van der Waals surface area contributed by atoms with Crippen LogP contribution in [-0.2, 0) is 14.3 Å². The minimum atomic E-state index is -0.494. The highest BCUT2D eigenvalue weighted by Crippen LogP contribution is 2.32. The van der Waals surface area contributed by atoms with Crippen molar-refractivity contribution in [2.75, 3.05) is 75.2 Å². The molecule has 0 unspecified atom stereocenters. The molecule has 69 heavy (non-hydrogen) atoms. The van der Waals surface area contributed by atoms with E-state index in [2.05, 4.69) is 72.3 Å². The van der Waals surface area contributed by atoms with Gasteiger partial charge in [0.2, 0.25) is 23.6 Å². The molecule has 0 aliphatic carbocycles. The Labute approximate surface area is 402 Å². The van der Waals surface area contributed by atoms with Crippen molar-refractivity contribution in [3.8, 4) is 34.3 Å². The van der Waals surface area contributed by atoms with E-state index in [1.165, 1.54) is 5.69 Å². The average Bonchev–Trinajstić information content (AvgIpc) is 4.17. The van der Waals surface area contributed by atoms with Gasteiger partial charge in [0.05, 0.1) is 36.2 Å². The molecule has 2 aromatic carbocycles. The first-order valence-corrected chi connectivity index (χ1v) is 24.1. The van der Waals surface area contributed by atoms with Gasteiger partial charge in [0.25, 0.3) is 0 Å². The summed E-state index contributed by atoms with van der Waals surface area (Å²) in [4.78, 5) is 51.8. The van der Waals surface area contributed by atoms with Gasteiger partial charge in [-0.05, 0) is 72.7 Å². The standard InChI is InChI=1S/C28H36N6O4.C23H28N6O2/c1-18-15-30-34-17-23(31-26(25(18)34)37-19(2)21-14-24(35)29-16-21)20-6-8-22(9-7-20)32-10-12-33(13-11-32)27(36)38-28(3,4)5;1-15-12-26-29-14-20(17-3-5-19(6-4-17)28-9-7-24-8-10-28)27-23(22(15)29)31-16(2)18-11-21(30)25-13-18/h6-9,15,17,19,21H,10-14,16H2,1-5H3,(H,29,35);3-6,12,14,16,18,24H,7-11,13H2,1-2H3,(H,25,30)/t19-,21-;16-,18-/m11/s1. The fourth-order valence-corrected chi connectivity index (χ4v) is 9.23. The first kappa shape index (κ1) is 47.1. The zero-order chi connectivity index (χ0) is 48.4. The van der Waals surface area contributed by atoms with Gasteiger partial charge >= 0.3 is 6.09 Å². The molecular weight excluding hydrogens is 877 g/mol. The van der Waals surface area contributed by atoms with Gasteiger partial charge in [0, 0.05) is 124 Å². The second kappa shape index (κ2) is 19.9. The number of piperazine rings is 2. The van der Waals surface area contributed by atoms with Gasteiger partial charge in [0.15, 0.2) is 0 Å². The Kier molecular flexibility index (Phi) is 13.6. The van der Waals surface area contributed by atoms with Gasteiger partial charge in [-0.1, -0.05) is 24.3 Å². The molecule has 3 amide bonds. The summed E-state index contributed by atoms with van der Waals surface area (Å²) in [5, 5.41) is 18.1. The Balaban J connectivity index is 0.000000175. The van der Waals surface area contributed by atoms with Crippen molar-refractivity contribution < 1.29 is 28.6 Å². The van der Waals surface area contributed by atoms with Crippen LogP contribution in [0, 0.1) is 25.7 Å². The van der Waals surface area contributed by atoms with E-state index in [1.807, 2.05) is 88.2 Å². The van der Waals surface area contributed by atoms with Crippen LogP contribution in [0.5, 0.6) is 11.8 Å². The first-order valence-electron chi connectivity index (χ1n) is 24.1. The molecule has 0 bridgehead atoms. The molecule has 4 aliphatic rings. The number of aromatic nitrogens is 6. The summed E-state index contributed by atoms with van der Waals surface area (Å²) in [6.07, 6.45) is 7.88. The van der Waals surface area contributed by atoms with Crippen molar-refractivity contribution in [2.24, 2.45) is 11.8 Å². The first-order chi connectivity index (χ1) is 33.2. The number of amides is 3. The van der Waals surface area contributed by atoms with E-state index >= 15 is 0 Å². The van der Waals surface area contributed by atoms with Crippen molar-refractivity contribution in [3.63, 3.8) is 0 Å². The van der Waals surface area contributed by atoms with Crippen LogP contribution in [0.4, 0.5) is 16.2 Å². The van der Waals surface area contributed by atoms with E-state index in [0.717, 1.165) is 89.6 Å². The minimum Gasteiger partial charge on any atom is -0.473 e. The average molecular weight is 941 g/mol. The predicted octanol–water partition coefficient (Wildman–Crippen LogP) is 5.68. The van der Waals surface area contributed by atoms with Gasteiger partial charge in [-0.3, -0.25) is 9.59 Å². The van der Waals surface area contributed by atoms with E-state index in [-0.39, 0.29) is 42.0 Å². The summed E-state index contributed by atoms with van der Waals surface area (Å²) in [6.45, 7) is 21.7. The molecule has 4 aromatic heterocycles. The molecule has 8 heterocycles. The largest absolute Gasteiger partial charge is 0.473 e. The molecule has 4 saturated heterocycles. The van der Waals surface area contributed by atoms with Gasteiger partial charge in [-0.25, -0.2) is 23.8 Å². The molecule has 0 saturated carbocycles. The Morgan fingerprint density at radius 1 is 0.652 bits per heavy atom. The van der Waals surface area contributed by atoms with Crippen LogP contribution in [0.25, 0.3) is 33.5 Å². The maximum Gasteiger partial charge on any atom is 0.410 e. The van der Waals surface area contributed by atoms with Crippen molar-refractivity contribution >= 4 is 40.3 Å². The highest BCUT2D eigenvalue weighted by molar-refractivity contribution is 5.79. The number of rotatable bonds is 10. The summed E-state index contributed by atoms with van der Waals surface area (Å²) in [7, 11) is 0. The lowest BCUT2D eigenvalue weighted by Crippen LogP contribution is -2.50. The number of ether oxygens (including phenoxy) is 3. The van der Waals surface area contributed by atoms with E-state index in [4.69, 9.17) is 24.2 Å². The van der Waals surface area contributed by atoms with Crippen molar-refractivity contribution in [1.82, 2.24) is 50.0 Å². The summed E-state index contributed by atoms with van der Waals surface area (Å²) >= 11 is 0. The number of nitrogens with one attached hydrogen (secondary N) is 3. The lowest BCUT2D eigenvalue weighted by Gasteiger charge is -2.36. The fraction of sp³-hybridized carbons (Fsp3) is 0.471. The summed E-state index contributed by atoms with van der Waals surface area (Å²) in [6, 6.07) is 16.8. The molecule has 3 N–H and O–H groups in total. The molecule has 4 aliphatic heterocycles. The van der Waals surface area contributed by atoms with Crippen LogP contribution in [-0.4, -0.2) is 135 Å². The number of fused-ring (bicyclic) bond motifs is 2. The molecule has 6 aromatic rings. The number of benzene rings is 2. The molecular formula is C51H64N12O6. The van der Waals surface area contributed by atoms with E-state index in [1.54, 1.807) is 11.1 Å². The maximum atomic E-state index is 12.4. The number of carbonyl (C=O) groups is 3. The van der Waals surface area contributed by atoms with Crippen LogP contribution >= 0.6 is 0 Å². The van der Waals surface area contributed by atoms with Gasteiger partial charge in [-0.15, -0.1) is 0 Å². The smallest absolute Gasteiger partial charge is 0.410 e. The van der Waals surface area contributed by atoms with E-state index in [0.29, 0.717) is 50.8 Å². The molecule has 10 rings (SSSR count). The van der Waals surface area contributed by atoms with E-state index < -0.39 is 5.60 Å². The Bertz CT molecular complexity index is 2790. The van der Waals surface area contributed by atoms with Crippen LogP contribution in [0.15, 0.2) is 73.3 Å². The third kappa shape index (κ3) is 10.9. The zero-order valence-corrected chi connectivity index (χ0v) is 40.7. The van der Waals surface area contributed by atoms with Crippen molar-refractivity contribution in [2.45, 2.75) is 79.1 Å². The second-order valence-corrected chi connectivity index (χ2v) is 19.6. The summed E-state index contributed by atoms with van der Waals surface area (Å²) in [5.41, 5.74) is 9.05. The molecule has 4 fully saturated rings. The lowest BCUT2D eigenvalue weighted by atomic mass is 10.0. The summed E-state index contributed by atoms with van der Waals surface area (Å²) < 4.78 is 21.8. The fourth-order valence-electron chi connectivity index (χ4n) is 9.23. The molecule has 4 atom stereocenters. The topological polar surface area (TPSA) is 185 Å². The predicted molar refractivity (Wildman–Crippen MR) is 264 cm³/mol. The molecule has 0 spiro atoms.